The van der Waals surface area contributed by atoms with Gasteiger partial charge in [0.25, 0.3) is 5.91 Å². The average Bonchev–Trinajstić information content (AvgIpc) is 2.67. The number of esters is 1. The van der Waals surface area contributed by atoms with Crippen LogP contribution in [0.1, 0.15) is 35.9 Å². The number of rotatable bonds is 5. The molecule has 1 N–H and O–H groups in total. The van der Waals surface area contributed by atoms with Gasteiger partial charge in [0, 0.05) is 15.4 Å². The summed E-state index contributed by atoms with van der Waals surface area (Å²) >= 11 is 12.1. The fraction of sp³-hybridized carbons (Fsp3) is 0.190. The van der Waals surface area contributed by atoms with Crippen molar-refractivity contribution in [1.82, 2.24) is 10.3 Å². The van der Waals surface area contributed by atoms with Crippen LogP contribution in [0.15, 0.2) is 54.6 Å². The standard InChI is InChI=1S/C21H18Cl2N2O3/c1-12(16-9-8-15(22)11-17(16)23)24-20(26)13(2)28-21(27)19-10-7-14-5-3-4-6-18(14)25-19/h3-13H,1-2H3,(H,24,26)/t12-,13-/m1/s1. The first-order chi connectivity index (χ1) is 13.3. The third kappa shape index (κ3) is 4.61. The summed E-state index contributed by atoms with van der Waals surface area (Å²) in [6.45, 7) is 3.29. The van der Waals surface area contributed by atoms with Crippen molar-refractivity contribution in [3.05, 3.63) is 75.9 Å². The minimum absolute atomic E-state index is 0.146. The van der Waals surface area contributed by atoms with Gasteiger partial charge in [-0.25, -0.2) is 9.78 Å². The Morgan fingerprint density at radius 1 is 1.04 bits per heavy atom. The maximum absolute atomic E-state index is 12.4. The Balaban J connectivity index is 1.64. The van der Waals surface area contributed by atoms with Crippen molar-refractivity contribution in [3.63, 3.8) is 0 Å². The summed E-state index contributed by atoms with van der Waals surface area (Å²) in [5.41, 5.74) is 1.54. The van der Waals surface area contributed by atoms with E-state index in [0.29, 0.717) is 21.1 Å². The molecule has 3 aromatic rings. The molecule has 2 atom stereocenters. The molecule has 0 saturated carbocycles. The van der Waals surface area contributed by atoms with E-state index in [1.807, 2.05) is 18.2 Å². The van der Waals surface area contributed by atoms with Crippen LogP contribution in [0.25, 0.3) is 10.9 Å². The lowest BCUT2D eigenvalue weighted by molar-refractivity contribution is -0.129. The van der Waals surface area contributed by atoms with Crippen LogP contribution in [-0.4, -0.2) is 23.0 Å². The second kappa shape index (κ2) is 8.59. The zero-order valence-electron chi connectivity index (χ0n) is 15.3. The van der Waals surface area contributed by atoms with Gasteiger partial charge in [-0.2, -0.15) is 0 Å². The quantitative estimate of drug-likeness (QED) is 0.596. The van der Waals surface area contributed by atoms with Gasteiger partial charge in [-0.15, -0.1) is 0 Å². The van der Waals surface area contributed by atoms with Gasteiger partial charge >= 0.3 is 5.97 Å². The number of nitrogens with zero attached hydrogens (tertiary/aromatic N) is 1. The molecule has 1 amide bonds. The summed E-state index contributed by atoms with van der Waals surface area (Å²) in [4.78, 5) is 29.0. The van der Waals surface area contributed by atoms with Crippen LogP contribution in [0.3, 0.4) is 0 Å². The van der Waals surface area contributed by atoms with Crippen molar-refractivity contribution < 1.29 is 14.3 Å². The van der Waals surface area contributed by atoms with Gasteiger partial charge in [0.05, 0.1) is 11.6 Å². The maximum Gasteiger partial charge on any atom is 0.357 e. The maximum atomic E-state index is 12.4. The van der Waals surface area contributed by atoms with E-state index in [4.69, 9.17) is 27.9 Å². The fourth-order valence-electron chi connectivity index (χ4n) is 2.72. The number of aromatic nitrogens is 1. The van der Waals surface area contributed by atoms with Crippen LogP contribution in [0.2, 0.25) is 10.0 Å². The van der Waals surface area contributed by atoms with Crippen molar-refractivity contribution in [2.24, 2.45) is 0 Å². The lowest BCUT2D eigenvalue weighted by atomic mass is 10.1. The Morgan fingerprint density at radius 2 is 1.79 bits per heavy atom. The SMILES string of the molecule is C[C@@H](OC(=O)c1ccc2ccccc2n1)C(=O)N[C@H](C)c1ccc(Cl)cc1Cl. The molecule has 0 fully saturated rings. The zero-order valence-corrected chi connectivity index (χ0v) is 16.8. The molecular formula is C21H18Cl2N2O3. The van der Waals surface area contributed by atoms with Gasteiger partial charge in [-0.3, -0.25) is 4.79 Å². The molecule has 0 aliphatic carbocycles. The number of pyridine rings is 1. The molecule has 28 heavy (non-hydrogen) atoms. The highest BCUT2D eigenvalue weighted by atomic mass is 35.5. The first-order valence-electron chi connectivity index (χ1n) is 8.67. The molecule has 0 unspecified atom stereocenters. The number of hydrogen-bond acceptors (Lipinski definition) is 4. The molecule has 0 bridgehead atoms. The van der Waals surface area contributed by atoms with E-state index in [1.165, 1.54) is 6.92 Å². The molecule has 5 nitrogen and oxygen atoms in total. The molecule has 0 saturated heterocycles. The topological polar surface area (TPSA) is 68.3 Å². The van der Waals surface area contributed by atoms with Gasteiger partial charge in [0.15, 0.2) is 6.10 Å². The lowest BCUT2D eigenvalue weighted by Crippen LogP contribution is -2.37. The summed E-state index contributed by atoms with van der Waals surface area (Å²) in [5, 5.41) is 4.65. The van der Waals surface area contributed by atoms with E-state index in [9.17, 15) is 9.59 Å². The summed E-state index contributed by atoms with van der Waals surface area (Å²) in [6, 6.07) is 15.5. The summed E-state index contributed by atoms with van der Waals surface area (Å²) in [7, 11) is 0. The predicted octanol–water partition coefficient (Wildman–Crippen LogP) is 4.96. The molecule has 0 spiro atoms. The molecule has 144 valence electrons. The lowest BCUT2D eigenvalue weighted by Gasteiger charge is -2.19. The molecule has 7 heteroatoms. The Hall–Kier alpha value is -2.63. The fourth-order valence-corrected chi connectivity index (χ4v) is 3.29. The van der Waals surface area contributed by atoms with E-state index in [2.05, 4.69) is 10.3 Å². The van der Waals surface area contributed by atoms with Gasteiger partial charge in [-0.1, -0.05) is 53.5 Å². The third-order valence-electron chi connectivity index (χ3n) is 4.25. The number of fused-ring (bicyclic) bond motifs is 1. The Morgan fingerprint density at radius 3 is 2.54 bits per heavy atom. The number of ether oxygens (including phenoxy) is 1. The highest BCUT2D eigenvalue weighted by Gasteiger charge is 2.22. The van der Waals surface area contributed by atoms with Gasteiger partial charge < -0.3 is 10.1 Å². The monoisotopic (exact) mass is 416 g/mol. The van der Waals surface area contributed by atoms with E-state index < -0.39 is 18.0 Å². The molecule has 0 radical (unpaired) electrons. The molecule has 0 aliphatic rings. The Bertz CT molecular complexity index is 1040. The van der Waals surface area contributed by atoms with Gasteiger partial charge in [0.2, 0.25) is 0 Å². The van der Waals surface area contributed by atoms with Crippen molar-refractivity contribution in [2.75, 3.05) is 0 Å². The summed E-state index contributed by atoms with van der Waals surface area (Å²) < 4.78 is 5.27. The van der Waals surface area contributed by atoms with Crippen molar-refractivity contribution in [1.29, 1.82) is 0 Å². The van der Waals surface area contributed by atoms with Crippen LogP contribution in [0.5, 0.6) is 0 Å². The van der Waals surface area contributed by atoms with Crippen LogP contribution < -0.4 is 5.32 Å². The molecule has 2 aromatic carbocycles. The highest BCUT2D eigenvalue weighted by molar-refractivity contribution is 6.35. The van der Waals surface area contributed by atoms with Crippen LogP contribution >= 0.6 is 23.2 Å². The third-order valence-corrected chi connectivity index (χ3v) is 4.81. The largest absolute Gasteiger partial charge is 0.448 e. The molecule has 3 rings (SSSR count). The van der Waals surface area contributed by atoms with E-state index in [-0.39, 0.29) is 11.7 Å². The molecule has 1 heterocycles. The summed E-state index contributed by atoms with van der Waals surface area (Å²) in [6.07, 6.45) is -0.991. The highest BCUT2D eigenvalue weighted by Crippen LogP contribution is 2.26. The minimum atomic E-state index is -0.991. The average molecular weight is 417 g/mol. The molecule has 1 aromatic heterocycles. The van der Waals surface area contributed by atoms with E-state index in [1.54, 1.807) is 43.3 Å². The number of carbonyl (C=O) groups excluding carboxylic acids is 2. The number of nitrogens with one attached hydrogen (secondary N) is 1. The number of carbonyl (C=O) groups is 2. The van der Waals surface area contributed by atoms with Crippen molar-refractivity contribution >= 4 is 46.0 Å². The minimum Gasteiger partial charge on any atom is -0.448 e. The van der Waals surface area contributed by atoms with Gasteiger partial charge in [0.1, 0.15) is 5.69 Å². The van der Waals surface area contributed by atoms with Crippen LogP contribution in [0.4, 0.5) is 0 Å². The Kier molecular flexibility index (Phi) is 6.17. The first-order valence-corrected chi connectivity index (χ1v) is 9.43. The van der Waals surface area contributed by atoms with Crippen LogP contribution in [0, 0.1) is 0 Å². The summed E-state index contributed by atoms with van der Waals surface area (Å²) in [5.74, 6) is -1.10. The number of amides is 1. The molecule has 0 aliphatic heterocycles. The van der Waals surface area contributed by atoms with Crippen LogP contribution in [-0.2, 0) is 9.53 Å². The Labute approximate surface area is 172 Å². The molecular weight excluding hydrogens is 399 g/mol. The van der Waals surface area contributed by atoms with Crippen molar-refractivity contribution in [3.8, 4) is 0 Å². The van der Waals surface area contributed by atoms with E-state index in [0.717, 1.165) is 5.39 Å². The number of para-hydroxylation sites is 1. The normalized spacial score (nSPS) is 13.0. The second-order valence-electron chi connectivity index (χ2n) is 6.33. The smallest absolute Gasteiger partial charge is 0.357 e. The number of benzene rings is 2. The zero-order chi connectivity index (χ0) is 20.3. The first kappa shape index (κ1) is 20.1. The van der Waals surface area contributed by atoms with Crippen molar-refractivity contribution in [2.45, 2.75) is 26.0 Å². The van der Waals surface area contributed by atoms with E-state index >= 15 is 0 Å². The number of hydrogen-bond donors (Lipinski definition) is 1. The van der Waals surface area contributed by atoms with Gasteiger partial charge in [-0.05, 0) is 43.7 Å². The predicted molar refractivity (Wildman–Crippen MR) is 110 cm³/mol. The second-order valence-corrected chi connectivity index (χ2v) is 7.18. The number of halogens is 2.